The normalized spacial score (nSPS) is 11.2. The molecule has 0 amide bonds. The Hall–Kier alpha value is -0.740. The largest absolute Gasteiger partial charge is 0.250 e. The topological polar surface area (TPSA) is 12.9 Å². The molecule has 2 aromatic rings. The van der Waals surface area contributed by atoms with Gasteiger partial charge in [-0.3, -0.25) is 0 Å². The fourth-order valence-electron chi connectivity index (χ4n) is 1.85. The number of hydrogen-bond donors (Lipinski definition) is 0. The molecule has 1 nitrogen and oxygen atoms in total. The van der Waals surface area contributed by atoms with Gasteiger partial charge < -0.3 is 0 Å². The lowest BCUT2D eigenvalue weighted by molar-refractivity contribution is 0.609. The molecular formula is C12H9BrClF2N. The Morgan fingerprint density at radius 2 is 2.06 bits per heavy atom. The lowest BCUT2D eigenvalue weighted by Crippen LogP contribution is -1.99. The number of hydrogen-bond acceptors (Lipinski definition) is 1. The zero-order chi connectivity index (χ0) is 12.7. The SMILES string of the molecule is CCc1c(C)nc2c(F)cc(Br)c(F)c2c1Cl. The van der Waals surface area contributed by atoms with E-state index in [0.717, 1.165) is 11.6 Å². The lowest BCUT2D eigenvalue weighted by atomic mass is 10.1. The maximum atomic E-state index is 13.9. The molecule has 0 N–H and O–H groups in total. The molecule has 1 aromatic carbocycles. The summed E-state index contributed by atoms with van der Waals surface area (Å²) in [5.41, 5.74) is 1.35. The van der Waals surface area contributed by atoms with Crippen LogP contribution in [0, 0.1) is 18.6 Å². The molecule has 0 fully saturated rings. The zero-order valence-corrected chi connectivity index (χ0v) is 11.6. The summed E-state index contributed by atoms with van der Waals surface area (Å²) in [5.74, 6) is -1.16. The molecule has 90 valence electrons. The van der Waals surface area contributed by atoms with Crippen LogP contribution in [-0.4, -0.2) is 4.98 Å². The predicted octanol–water partition coefficient (Wildman–Crippen LogP) is 4.80. The van der Waals surface area contributed by atoms with Gasteiger partial charge in [-0.1, -0.05) is 18.5 Å². The summed E-state index contributed by atoms with van der Waals surface area (Å²) < 4.78 is 27.7. The highest BCUT2D eigenvalue weighted by Gasteiger charge is 2.18. The first-order valence-electron chi connectivity index (χ1n) is 5.09. The molecular weight excluding hydrogens is 311 g/mol. The third-order valence-electron chi connectivity index (χ3n) is 2.70. The Bertz CT molecular complexity index is 613. The fraction of sp³-hybridized carbons (Fsp3) is 0.250. The summed E-state index contributed by atoms with van der Waals surface area (Å²) in [6.07, 6.45) is 0.626. The standard InChI is InChI=1S/C12H9BrClF2N/c1-3-6-5(2)17-12-8(15)4-7(13)11(16)9(12)10(6)14/h4H,3H2,1-2H3. The van der Waals surface area contributed by atoms with Crippen LogP contribution in [0.25, 0.3) is 10.9 Å². The van der Waals surface area contributed by atoms with Gasteiger partial charge in [0.15, 0.2) is 5.82 Å². The average Bonchev–Trinajstić information content (AvgIpc) is 2.26. The quantitative estimate of drug-likeness (QED) is 0.688. The van der Waals surface area contributed by atoms with Crippen molar-refractivity contribution in [2.75, 3.05) is 0 Å². The van der Waals surface area contributed by atoms with Gasteiger partial charge in [0, 0.05) is 5.69 Å². The van der Waals surface area contributed by atoms with Crippen LogP contribution in [0.1, 0.15) is 18.2 Å². The van der Waals surface area contributed by atoms with E-state index in [9.17, 15) is 8.78 Å². The van der Waals surface area contributed by atoms with Gasteiger partial charge in [0.1, 0.15) is 11.3 Å². The minimum absolute atomic E-state index is 0.0228. The molecule has 0 aliphatic carbocycles. The summed E-state index contributed by atoms with van der Waals surface area (Å²) >= 11 is 9.09. The molecule has 17 heavy (non-hydrogen) atoms. The lowest BCUT2D eigenvalue weighted by Gasteiger charge is -2.11. The number of halogens is 4. The third kappa shape index (κ3) is 1.93. The minimum Gasteiger partial charge on any atom is -0.250 e. The van der Waals surface area contributed by atoms with Gasteiger partial charge in [0.25, 0.3) is 0 Å². The Morgan fingerprint density at radius 1 is 1.41 bits per heavy atom. The van der Waals surface area contributed by atoms with Crippen molar-refractivity contribution in [1.29, 1.82) is 0 Å². The Kier molecular flexibility index (Phi) is 3.36. The number of aryl methyl sites for hydroxylation is 1. The minimum atomic E-state index is -0.582. The van der Waals surface area contributed by atoms with Crippen LogP contribution in [-0.2, 0) is 6.42 Å². The molecule has 0 saturated heterocycles. The highest BCUT2D eigenvalue weighted by atomic mass is 79.9. The molecule has 0 bridgehead atoms. The Labute approximate surface area is 111 Å². The average molecular weight is 321 g/mol. The smallest absolute Gasteiger partial charge is 0.150 e. The number of nitrogens with zero attached hydrogens (tertiary/aromatic N) is 1. The zero-order valence-electron chi connectivity index (χ0n) is 9.24. The number of rotatable bonds is 1. The van der Waals surface area contributed by atoms with Crippen molar-refractivity contribution < 1.29 is 8.78 Å². The van der Waals surface area contributed by atoms with Crippen LogP contribution in [0.3, 0.4) is 0 Å². The van der Waals surface area contributed by atoms with Crippen molar-refractivity contribution in [2.45, 2.75) is 20.3 Å². The van der Waals surface area contributed by atoms with Crippen LogP contribution >= 0.6 is 27.5 Å². The highest BCUT2D eigenvalue weighted by molar-refractivity contribution is 9.10. The van der Waals surface area contributed by atoms with Crippen molar-refractivity contribution in [3.05, 3.63) is 38.5 Å². The second-order valence-electron chi connectivity index (χ2n) is 3.72. The van der Waals surface area contributed by atoms with Gasteiger partial charge in [-0.25, -0.2) is 13.8 Å². The highest BCUT2D eigenvalue weighted by Crippen LogP contribution is 2.34. The summed E-state index contributed by atoms with van der Waals surface area (Å²) in [6, 6.07) is 1.06. The van der Waals surface area contributed by atoms with E-state index in [0.29, 0.717) is 12.1 Å². The first-order valence-corrected chi connectivity index (χ1v) is 6.26. The van der Waals surface area contributed by atoms with Crippen molar-refractivity contribution in [3.63, 3.8) is 0 Å². The van der Waals surface area contributed by atoms with Crippen molar-refractivity contribution >= 4 is 38.4 Å². The van der Waals surface area contributed by atoms with Gasteiger partial charge in [-0.05, 0) is 40.9 Å². The fourth-order valence-corrected chi connectivity index (χ4v) is 2.69. The Morgan fingerprint density at radius 3 is 2.65 bits per heavy atom. The van der Waals surface area contributed by atoms with Crippen LogP contribution in [0.15, 0.2) is 10.5 Å². The van der Waals surface area contributed by atoms with Crippen LogP contribution < -0.4 is 0 Å². The number of pyridine rings is 1. The molecule has 0 unspecified atom stereocenters. The molecule has 0 spiro atoms. The molecule has 0 aliphatic rings. The molecule has 0 radical (unpaired) electrons. The maximum absolute atomic E-state index is 13.9. The van der Waals surface area contributed by atoms with E-state index in [-0.39, 0.29) is 20.4 Å². The van der Waals surface area contributed by atoms with Gasteiger partial charge in [-0.15, -0.1) is 0 Å². The van der Waals surface area contributed by atoms with Gasteiger partial charge >= 0.3 is 0 Å². The van der Waals surface area contributed by atoms with Crippen molar-refractivity contribution in [2.24, 2.45) is 0 Å². The van der Waals surface area contributed by atoms with Crippen LogP contribution in [0.4, 0.5) is 8.78 Å². The monoisotopic (exact) mass is 319 g/mol. The van der Waals surface area contributed by atoms with Gasteiger partial charge in [0.2, 0.25) is 0 Å². The van der Waals surface area contributed by atoms with E-state index in [4.69, 9.17) is 11.6 Å². The molecule has 0 aliphatic heterocycles. The predicted molar refractivity (Wildman–Crippen MR) is 68.5 cm³/mol. The molecule has 0 saturated carbocycles. The van der Waals surface area contributed by atoms with Crippen LogP contribution in [0.5, 0.6) is 0 Å². The van der Waals surface area contributed by atoms with E-state index in [2.05, 4.69) is 20.9 Å². The van der Waals surface area contributed by atoms with Gasteiger partial charge in [0.05, 0.1) is 14.9 Å². The molecule has 5 heteroatoms. The Balaban J connectivity index is 3.02. The number of fused-ring (bicyclic) bond motifs is 1. The number of aromatic nitrogens is 1. The van der Waals surface area contributed by atoms with E-state index in [1.165, 1.54) is 0 Å². The van der Waals surface area contributed by atoms with E-state index < -0.39 is 11.6 Å². The number of benzene rings is 1. The molecule has 1 heterocycles. The summed E-state index contributed by atoms with van der Waals surface area (Å²) in [5, 5.41) is 0.286. The second-order valence-corrected chi connectivity index (χ2v) is 4.95. The van der Waals surface area contributed by atoms with E-state index in [1.807, 2.05) is 6.92 Å². The molecule has 2 rings (SSSR count). The van der Waals surface area contributed by atoms with Crippen molar-refractivity contribution in [3.8, 4) is 0 Å². The molecule has 1 aromatic heterocycles. The third-order valence-corrected chi connectivity index (χ3v) is 3.69. The summed E-state index contributed by atoms with van der Waals surface area (Å²) in [4.78, 5) is 4.09. The second kappa shape index (κ2) is 4.50. The summed E-state index contributed by atoms with van der Waals surface area (Å²) in [6.45, 7) is 3.64. The summed E-state index contributed by atoms with van der Waals surface area (Å²) in [7, 11) is 0. The van der Waals surface area contributed by atoms with Gasteiger partial charge in [-0.2, -0.15) is 0 Å². The van der Waals surface area contributed by atoms with E-state index in [1.54, 1.807) is 6.92 Å². The van der Waals surface area contributed by atoms with Crippen molar-refractivity contribution in [1.82, 2.24) is 4.98 Å². The molecule has 0 atom stereocenters. The van der Waals surface area contributed by atoms with E-state index >= 15 is 0 Å². The van der Waals surface area contributed by atoms with Crippen LogP contribution in [0.2, 0.25) is 5.02 Å². The first kappa shape index (κ1) is 12.7. The maximum Gasteiger partial charge on any atom is 0.150 e. The first-order chi connectivity index (χ1) is 7.97.